The summed E-state index contributed by atoms with van der Waals surface area (Å²) in [7, 11) is 0. The number of hydrogen-bond donors (Lipinski definition) is 1. The Balaban J connectivity index is 1.27. The molecule has 2 aliphatic heterocycles. The molecule has 30 heavy (non-hydrogen) atoms. The number of para-hydroxylation sites is 3. The third-order valence-electron chi connectivity index (χ3n) is 6.50. The molecule has 0 unspecified atom stereocenters. The molecular formula is C25H22N4O. The van der Waals surface area contributed by atoms with Crippen LogP contribution in [-0.2, 0) is 5.54 Å². The molecule has 148 valence electrons. The maximum atomic E-state index is 13.1. The van der Waals surface area contributed by atoms with Gasteiger partial charge in [0.05, 0.1) is 22.4 Å². The molecule has 5 nitrogen and oxygen atoms in total. The molecule has 0 aliphatic carbocycles. The van der Waals surface area contributed by atoms with Gasteiger partial charge in [-0.25, -0.2) is 4.98 Å². The quantitative estimate of drug-likeness (QED) is 0.514. The number of aromatic nitrogens is 2. The van der Waals surface area contributed by atoms with Gasteiger partial charge in [-0.1, -0.05) is 36.4 Å². The van der Waals surface area contributed by atoms with E-state index in [0.29, 0.717) is 18.8 Å². The van der Waals surface area contributed by atoms with Crippen molar-refractivity contribution < 1.29 is 4.79 Å². The van der Waals surface area contributed by atoms with Gasteiger partial charge in [-0.3, -0.25) is 4.79 Å². The van der Waals surface area contributed by atoms with E-state index in [9.17, 15) is 4.79 Å². The summed E-state index contributed by atoms with van der Waals surface area (Å²) in [6.07, 6.45) is 3.86. The molecule has 0 bridgehead atoms. The minimum absolute atomic E-state index is 0.0159. The number of fused-ring (bicyclic) bond motifs is 5. The Hall–Kier alpha value is -3.60. The van der Waals surface area contributed by atoms with Crippen LogP contribution in [0.15, 0.2) is 79.0 Å². The number of piperidine rings is 1. The van der Waals surface area contributed by atoms with E-state index < -0.39 is 0 Å². The summed E-state index contributed by atoms with van der Waals surface area (Å²) in [6.45, 7) is 1.40. The molecule has 0 radical (unpaired) electrons. The second-order valence-electron chi connectivity index (χ2n) is 8.17. The van der Waals surface area contributed by atoms with Crippen LogP contribution < -0.4 is 5.32 Å². The van der Waals surface area contributed by atoms with Gasteiger partial charge in [0.15, 0.2) is 0 Å². The Bertz CT molecular complexity index is 1270. The van der Waals surface area contributed by atoms with Crippen LogP contribution in [0.1, 0.15) is 29.0 Å². The van der Waals surface area contributed by atoms with Gasteiger partial charge in [-0.05, 0) is 49.2 Å². The number of carbonyl (C=O) groups is 1. The van der Waals surface area contributed by atoms with Crippen molar-refractivity contribution in [3.63, 3.8) is 0 Å². The average Bonchev–Trinajstić information content (AvgIpc) is 3.30. The zero-order valence-corrected chi connectivity index (χ0v) is 16.6. The number of benzene rings is 2. The molecule has 1 saturated heterocycles. The molecule has 2 aromatic carbocycles. The van der Waals surface area contributed by atoms with E-state index in [4.69, 9.17) is 0 Å². The lowest BCUT2D eigenvalue weighted by Crippen LogP contribution is -2.51. The topological polar surface area (TPSA) is 50.2 Å². The fourth-order valence-corrected chi connectivity index (χ4v) is 4.91. The van der Waals surface area contributed by atoms with Gasteiger partial charge in [-0.2, -0.15) is 0 Å². The Morgan fingerprint density at radius 2 is 1.70 bits per heavy atom. The largest absolute Gasteiger partial charge is 0.372 e. The van der Waals surface area contributed by atoms with E-state index in [0.717, 1.165) is 29.4 Å². The standard InChI is InChI=1S/C25H22N4O/c30-24(21-12-11-18-6-1-2-7-19(18)26-21)28-16-13-25(14-17-28)23-10-5-15-29(23)22-9-4-3-8-20(22)27-25/h1-12,15,27H,13-14,16-17H2. The first-order valence-electron chi connectivity index (χ1n) is 10.4. The average molecular weight is 394 g/mol. The summed E-state index contributed by atoms with van der Waals surface area (Å²) in [5.41, 5.74) is 4.84. The second-order valence-corrected chi connectivity index (χ2v) is 8.17. The third-order valence-corrected chi connectivity index (χ3v) is 6.50. The number of nitrogens with zero attached hydrogens (tertiary/aromatic N) is 3. The van der Waals surface area contributed by atoms with Gasteiger partial charge in [0.25, 0.3) is 5.91 Å². The number of amides is 1. The van der Waals surface area contributed by atoms with Gasteiger partial charge >= 0.3 is 0 Å². The highest BCUT2D eigenvalue weighted by molar-refractivity contribution is 5.95. The number of pyridine rings is 1. The molecule has 0 saturated carbocycles. The van der Waals surface area contributed by atoms with Crippen LogP contribution in [0.5, 0.6) is 0 Å². The normalized spacial score (nSPS) is 16.7. The van der Waals surface area contributed by atoms with E-state index in [1.165, 1.54) is 11.4 Å². The number of hydrogen-bond acceptors (Lipinski definition) is 3. The molecule has 4 aromatic rings. The predicted molar refractivity (Wildman–Crippen MR) is 118 cm³/mol. The molecule has 1 amide bonds. The second kappa shape index (κ2) is 6.46. The zero-order chi connectivity index (χ0) is 20.1. The van der Waals surface area contributed by atoms with Crippen molar-refractivity contribution >= 4 is 22.5 Å². The first-order chi connectivity index (χ1) is 14.7. The Morgan fingerprint density at radius 1 is 0.900 bits per heavy atom. The van der Waals surface area contributed by atoms with Gasteiger partial charge in [-0.15, -0.1) is 0 Å². The Kier molecular flexibility index (Phi) is 3.72. The highest BCUT2D eigenvalue weighted by atomic mass is 16.2. The number of rotatable bonds is 1. The molecular weight excluding hydrogens is 372 g/mol. The summed E-state index contributed by atoms with van der Waals surface area (Å²) in [5.74, 6) is 0.0159. The summed E-state index contributed by atoms with van der Waals surface area (Å²) in [4.78, 5) is 19.7. The van der Waals surface area contributed by atoms with Crippen LogP contribution in [0, 0.1) is 0 Å². The summed E-state index contributed by atoms with van der Waals surface area (Å²) in [5, 5.41) is 4.86. The van der Waals surface area contributed by atoms with Gasteiger partial charge in [0.2, 0.25) is 0 Å². The van der Waals surface area contributed by atoms with Crippen molar-refractivity contribution in [1.29, 1.82) is 0 Å². The summed E-state index contributed by atoms with van der Waals surface area (Å²) >= 11 is 0. The van der Waals surface area contributed by atoms with Gasteiger partial charge < -0.3 is 14.8 Å². The van der Waals surface area contributed by atoms with Crippen LogP contribution in [0.3, 0.4) is 0 Å². The molecule has 1 N–H and O–H groups in total. The molecule has 6 rings (SSSR count). The number of carbonyl (C=O) groups excluding carboxylic acids is 1. The molecule has 0 atom stereocenters. The highest BCUT2D eigenvalue weighted by Crippen LogP contribution is 2.43. The first-order valence-corrected chi connectivity index (χ1v) is 10.4. The van der Waals surface area contributed by atoms with Crippen LogP contribution in [-0.4, -0.2) is 33.4 Å². The third kappa shape index (κ3) is 2.55. The van der Waals surface area contributed by atoms with Crippen molar-refractivity contribution in [3.05, 3.63) is 90.4 Å². The first kappa shape index (κ1) is 17.3. The fraction of sp³-hybridized carbons (Fsp3) is 0.200. The summed E-state index contributed by atoms with van der Waals surface area (Å²) < 4.78 is 2.29. The zero-order valence-electron chi connectivity index (χ0n) is 16.6. The number of likely N-dealkylation sites (tertiary alicyclic amines) is 1. The van der Waals surface area contributed by atoms with Crippen molar-refractivity contribution in [3.8, 4) is 5.69 Å². The maximum Gasteiger partial charge on any atom is 0.272 e. The van der Waals surface area contributed by atoms with E-state index >= 15 is 0 Å². The minimum atomic E-state index is -0.147. The van der Waals surface area contributed by atoms with Gasteiger partial charge in [0.1, 0.15) is 5.69 Å². The molecule has 2 aromatic heterocycles. The SMILES string of the molecule is O=C(c1ccc2ccccc2n1)N1CCC2(CC1)Nc1ccccc1-n1cccc12. The Morgan fingerprint density at radius 3 is 2.60 bits per heavy atom. The lowest BCUT2D eigenvalue weighted by molar-refractivity contribution is 0.0671. The minimum Gasteiger partial charge on any atom is -0.372 e. The van der Waals surface area contributed by atoms with Crippen LogP contribution in [0.2, 0.25) is 0 Å². The van der Waals surface area contributed by atoms with E-state index in [2.05, 4.69) is 57.5 Å². The lowest BCUT2D eigenvalue weighted by atomic mass is 9.82. The van der Waals surface area contributed by atoms with Crippen molar-refractivity contribution in [1.82, 2.24) is 14.5 Å². The fourth-order valence-electron chi connectivity index (χ4n) is 4.91. The van der Waals surface area contributed by atoms with Crippen LogP contribution in [0.4, 0.5) is 5.69 Å². The maximum absolute atomic E-state index is 13.1. The van der Waals surface area contributed by atoms with E-state index in [-0.39, 0.29) is 11.4 Å². The van der Waals surface area contributed by atoms with Crippen molar-refractivity contribution in [2.24, 2.45) is 0 Å². The van der Waals surface area contributed by atoms with E-state index in [1.54, 1.807) is 0 Å². The monoisotopic (exact) mass is 394 g/mol. The molecule has 5 heteroatoms. The molecule has 1 spiro atoms. The highest BCUT2D eigenvalue weighted by Gasteiger charge is 2.42. The molecule has 4 heterocycles. The lowest BCUT2D eigenvalue weighted by Gasteiger charge is -2.46. The Labute approximate surface area is 175 Å². The number of nitrogens with one attached hydrogen (secondary N) is 1. The van der Waals surface area contributed by atoms with Gasteiger partial charge in [0, 0.05) is 30.4 Å². The summed E-state index contributed by atoms with van der Waals surface area (Å²) in [6, 6.07) is 24.5. The van der Waals surface area contributed by atoms with Crippen LogP contribution >= 0.6 is 0 Å². The predicted octanol–water partition coefficient (Wildman–Crippen LogP) is 4.58. The molecule has 1 fully saturated rings. The van der Waals surface area contributed by atoms with Crippen LogP contribution in [0.25, 0.3) is 16.6 Å². The number of anilines is 1. The van der Waals surface area contributed by atoms with Crippen molar-refractivity contribution in [2.75, 3.05) is 18.4 Å². The van der Waals surface area contributed by atoms with Crippen molar-refractivity contribution in [2.45, 2.75) is 18.4 Å². The van der Waals surface area contributed by atoms with E-state index in [1.807, 2.05) is 41.3 Å². The molecule has 2 aliphatic rings. The smallest absolute Gasteiger partial charge is 0.272 e.